The van der Waals surface area contributed by atoms with E-state index in [4.69, 9.17) is 0 Å². The lowest BCUT2D eigenvalue weighted by atomic mass is 10.1. The van der Waals surface area contributed by atoms with Gasteiger partial charge in [0.1, 0.15) is 5.75 Å². The fourth-order valence-electron chi connectivity index (χ4n) is 1.65. The Balaban J connectivity index is 2.68. The summed E-state index contributed by atoms with van der Waals surface area (Å²) in [6, 6.07) is 5.83. The molecule has 0 radical (unpaired) electrons. The largest absolute Gasteiger partial charge is 0.508 e. The summed E-state index contributed by atoms with van der Waals surface area (Å²) in [4.78, 5) is 11.0. The van der Waals surface area contributed by atoms with Crippen molar-refractivity contribution < 1.29 is 23.1 Å². The monoisotopic (exact) mass is 316 g/mol. The van der Waals surface area contributed by atoms with Crippen molar-refractivity contribution in [1.82, 2.24) is 9.03 Å². The molecule has 0 aliphatic heterocycles. The molecule has 0 aliphatic carbocycles. The number of carbonyl (C=O) groups excluding carboxylic acids is 1. The molecule has 118 valence electrons. The number of phenolic OH excluding ortho intramolecular Hbond substituents is 1. The molecule has 0 spiro atoms. The van der Waals surface area contributed by atoms with Crippen molar-refractivity contribution in [2.75, 3.05) is 20.7 Å². The van der Waals surface area contributed by atoms with E-state index < -0.39 is 22.2 Å². The van der Waals surface area contributed by atoms with E-state index in [2.05, 4.69) is 9.46 Å². The minimum atomic E-state index is -3.73. The van der Waals surface area contributed by atoms with Gasteiger partial charge < -0.3 is 9.84 Å². The van der Waals surface area contributed by atoms with Gasteiger partial charge in [0.15, 0.2) is 0 Å². The SMILES string of the molecule is COC(=O)CCN(C)S(=O)(=O)NC(C)c1cccc(O)c1. The molecule has 1 aromatic rings. The molecular formula is C13H20N2O5S. The van der Waals surface area contributed by atoms with Crippen LogP contribution in [0.25, 0.3) is 0 Å². The molecule has 1 unspecified atom stereocenters. The highest BCUT2D eigenvalue weighted by Crippen LogP contribution is 2.18. The summed E-state index contributed by atoms with van der Waals surface area (Å²) >= 11 is 0. The number of hydrogen-bond acceptors (Lipinski definition) is 5. The smallest absolute Gasteiger partial charge is 0.306 e. The number of nitrogens with one attached hydrogen (secondary N) is 1. The minimum Gasteiger partial charge on any atom is -0.508 e. The molecule has 0 bridgehead atoms. The first-order valence-electron chi connectivity index (χ1n) is 6.35. The average Bonchev–Trinajstić information content (AvgIpc) is 2.43. The van der Waals surface area contributed by atoms with Crippen LogP contribution in [0.4, 0.5) is 0 Å². The maximum absolute atomic E-state index is 12.1. The van der Waals surface area contributed by atoms with Gasteiger partial charge in [-0.05, 0) is 24.6 Å². The van der Waals surface area contributed by atoms with Crippen molar-refractivity contribution in [3.8, 4) is 5.75 Å². The van der Waals surface area contributed by atoms with Crippen LogP contribution in [-0.4, -0.2) is 44.5 Å². The molecular weight excluding hydrogens is 296 g/mol. The number of nitrogens with zero attached hydrogens (tertiary/aromatic N) is 1. The lowest BCUT2D eigenvalue weighted by Gasteiger charge is -2.21. The number of methoxy groups -OCH3 is 1. The van der Waals surface area contributed by atoms with Crippen LogP contribution in [0.1, 0.15) is 24.9 Å². The molecule has 0 amide bonds. The van der Waals surface area contributed by atoms with Gasteiger partial charge in [-0.15, -0.1) is 0 Å². The second-order valence-corrected chi connectivity index (χ2v) is 6.40. The standard InChI is InChI=1S/C13H20N2O5S/c1-10(11-5-4-6-12(16)9-11)14-21(18,19)15(2)8-7-13(17)20-3/h4-6,9-10,14,16H,7-8H2,1-3H3. The van der Waals surface area contributed by atoms with Gasteiger partial charge in [0.05, 0.1) is 13.5 Å². The van der Waals surface area contributed by atoms with Crippen LogP contribution in [0.2, 0.25) is 0 Å². The molecule has 0 saturated carbocycles. The maximum Gasteiger partial charge on any atom is 0.306 e. The predicted molar refractivity (Wildman–Crippen MR) is 77.8 cm³/mol. The van der Waals surface area contributed by atoms with Gasteiger partial charge in [-0.3, -0.25) is 4.79 Å². The number of benzene rings is 1. The molecule has 0 fully saturated rings. The first-order valence-corrected chi connectivity index (χ1v) is 7.79. The Morgan fingerprint density at radius 3 is 2.71 bits per heavy atom. The van der Waals surface area contributed by atoms with Crippen molar-refractivity contribution in [3.05, 3.63) is 29.8 Å². The van der Waals surface area contributed by atoms with Crippen LogP contribution in [0, 0.1) is 0 Å². The Morgan fingerprint density at radius 2 is 2.14 bits per heavy atom. The molecule has 1 rings (SSSR count). The predicted octanol–water partition coefficient (Wildman–Crippen LogP) is 0.782. The van der Waals surface area contributed by atoms with Gasteiger partial charge in [-0.2, -0.15) is 17.4 Å². The van der Waals surface area contributed by atoms with E-state index in [1.165, 1.54) is 26.3 Å². The third-order valence-electron chi connectivity index (χ3n) is 2.96. The van der Waals surface area contributed by atoms with Crippen molar-refractivity contribution in [2.24, 2.45) is 0 Å². The molecule has 2 N–H and O–H groups in total. The molecule has 0 aromatic heterocycles. The number of hydrogen-bond donors (Lipinski definition) is 2. The molecule has 1 aromatic carbocycles. The van der Waals surface area contributed by atoms with Gasteiger partial charge in [0.25, 0.3) is 10.2 Å². The Morgan fingerprint density at radius 1 is 1.48 bits per heavy atom. The molecule has 0 saturated heterocycles. The highest BCUT2D eigenvalue weighted by atomic mass is 32.2. The molecule has 0 aliphatic rings. The normalized spacial score (nSPS) is 13.1. The zero-order valence-corrected chi connectivity index (χ0v) is 13.1. The molecule has 8 heteroatoms. The van der Waals surface area contributed by atoms with Crippen LogP contribution in [0.3, 0.4) is 0 Å². The van der Waals surface area contributed by atoms with Crippen LogP contribution < -0.4 is 4.72 Å². The maximum atomic E-state index is 12.1. The van der Waals surface area contributed by atoms with Gasteiger partial charge in [-0.25, -0.2) is 0 Å². The third-order valence-corrected chi connectivity index (χ3v) is 4.62. The van der Waals surface area contributed by atoms with E-state index >= 15 is 0 Å². The highest BCUT2D eigenvalue weighted by molar-refractivity contribution is 7.87. The molecule has 1 atom stereocenters. The zero-order valence-electron chi connectivity index (χ0n) is 12.2. The number of phenols is 1. The summed E-state index contributed by atoms with van der Waals surface area (Å²) in [6.07, 6.45) is -0.0194. The van der Waals surface area contributed by atoms with Crippen molar-refractivity contribution in [3.63, 3.8) is 0 Å². The third kappa shape index (κ3) is 5.33. The first kappa shape index (κ1) is 17.4. The number of esters is 1. The van der Waals surface area contributed by atoms with Crippen molar-refractivity contribution in [1.29, 1.82) is 0 Å². The summed E-state index contributed by atoms with van der Waals surface area (Å²) in [5, 5.41) is 9.40. The molecule has 0 heterocycles. The Kier molecular flexibility index (Phi) is 6.13. The van der Waals surface area contributed by atoms with Gasteiger partial charge >= 0.3 is 5.97 Å². The Hall–Kier alpha value is -1.64. The van der Waals surface area contributed by atoms with Gasteiger partial charge in [0, 0.05) is 19.6 Å². The number of ether oxygens (including phenoxy) is 1. The number of rotatable bonds is 7. The molecule has 7 nitrogen and oxygen atoms in total. The fourth-order valence-corrected chi connectivity index (χ4v) is 2.74. The van der Waals surface area contributed by atoms with Crippen molar-refractivity contribution >= 4 is 16.2 Å². The van der Waals surface area contributed by atoms with E-state index in [0.717, 1.165) is 4.31 Å². The van der Waals surface area contributed by atoms with Crippen LogP contribution in [-0.2, 0) is 19.7 Å². The summed E-state index contributed by atoms with van der Waals surface area (Å²) in [5.74, 6) is -0.407. The van der Waals surface area contributed by atoms with E-state index in [1.807, 2.05) is 0 Å². The average molecular weight is 316 g/mol. The first-order chi connectivity index (χ1) is 9.76. The zero-order chi connectivity index (χ0) is 16.0. The van der Waals surface area contributed by atoms with Gasteiger partial charge in [0.2, 0.25) is 0 Å². The van der Waals surface area contributed by atoms with E-state index in [-0.39, 0.29) is 18.7 Å². The number of carbonyl (C=O) groups is 1. The lowest BCUT2D eigenvalue weighted by Crippen LogP contribution is -2.40. The minimum absolute atomic E-state index is 0.0194. The van der Waals surface area contributed by atoms with E-state index in [0.29, 0.717) is 5.56 Å². The fraction of sp³-hybridized carbons (Fsp3) is 0.462. The van der Waals surface area contributed by atoms with E-state index in [9.17, 15) is 18.3 Å². The Bertz CT molecular complexity index is 588. The summed E-state index contributed by atoms with van der Waals surface area (Å²) < 4.78 is 32.2. The summed E-state index contributed by atoms with van der Waals surface area (Å²) in [6.45, 7) is 1.69. The van der Waals surface area contributed by atoms with Crippen LogP contribution >= 0.6 is 0 Å². The second-order valence-electron chi connectivity index (χ2n) is 4.59. The van der Waals surface area contributed by atoms with Crippen molar-refractivity contribution in [2.45, 2.75) is 19.4 Å². The summed E-state index contributed by atoms with van der Waals surface area (Å²) in [7, 11) is -1.11. The lowest BCUT2D eigenvalue weighted by molar-refractivity contribution is -0.140. The topological polar surface area (TPSA) is 95.9 Å². The van der Waals surface area contributed by atoms with Crippen LogP contribution in [0.5, 0.6) is 5.75 Å². The van der Waals surface area contributed by atoms with Crippen LogP contribution in [0.15, 0.2) is 24.3 Å². The number of aromatic hydroxyl groups is 1. The highest BCUT2D eigenvalue weighted by Gasteiger charge is 2.21. The van der Waals surface area contributed by atoms with E-state index in [1.54, 1.807) is 19.1 Å². The van der Waals surface area contributed by atoms with Gasteiger partial charge in [-0.1, -0.05) is 12.1 Å². The second kappa shape index (κ2) is 7.39. The quantitative estimate of drug-likeness (QED) is 0.725. The summed E-state index contributed by atoms with van der Waals surface area (Å²) in [5.41, 5.74) is 0.639. The Labute approximate surface area is 124 Å². The molecule has 21 heavy (non-hydrogen) atoms.